The van der Waals surface area contributed by atoms with Gasteiger partial charge in [0.05, 0.1) is 0 Å². The lowest BCUT2D eigenvalue weighted by Gasteiger charge is -2.06. The monoisotopic (exact) mass is 283 g/mol. The fraction of sp³-hybridized carbons (Fsp3) is 0.263. The van der Waals surface area contributed by atoms with Gasteiger partial charge in [-0.15, -0.1) is 0 Å². The van der Waals surface area contributed by atoms with Crippen LogP contribution in [0.1, 0.15) is 38.8 Å². The predicted molar refractivity (Wildman–Crippen MR) is 89.3 cm³/mol. The van der Waals surface area contributed by atoms with E-state index >= 15 is 0 Å². The van der Waals surface area contributed by atoms with Gasteiger partial charge in [-0.25, -0.2) is 0 Å². The number of halogens is 1. The van der Waals surface area contributed by atoms with E-state index < -0.39 is 0 Å². The van der Waals surface area contributed by atoms with Crippen LogP contribution in [0.3, 0.4) is 0 Å². The van der Waals surface area contributed by atoms with Crippen LogP contribution in [-0.2, 0) is 6.42 Å². The van der Waals surface area contributed by atoms with Gasteiger partial charge in [0.15, 0.2) is 5.83 Å². The Morgan fingerprint density at radius 1 is 1.24 bits per heavy atom. The molecule has 1 aromatic rings. The number of rotatable bonds is 4. The summed E-state index contributed by atoms with van der Waals surface area (Å²) < 4.78 is 13.0. The molecule has 1 N–H and O–H groups in total. The molecule has 0 atom stereocenters. The summed E-state index contributed by atoms with van der Waals surface area (Å²) in [5.74, 6) is -0.323. The van der Waals surface area contributed by atoms with Crippen molar-refractivity contribution in [3.05, 3.63) is 70.2 Å². The SMILES string of the molecule is C/C(C=N)=C(\C)Cc1cccc(C2=C=C(F)C=C2)c1.CC. The number of hydrogen-bond donors (Lipinski definition) is 1. The highest BCUT2D eigenvalue weighted by Crippen LogP contribution is 2.23. The van der Waals surface area contributed by atoms with Gasteiger partial charge in [0, 0.05) is 11.8 Å². The molecular weight excluding hydrogens is 261 g/mol. The van der Waals surface area contributed by atoms with Crippen LogP contribution < -0.4 is 0 Å². The quantitative estimate of drug-likeness (QED) is 0.545. The Morgan fingerprint density at radius 3 is 2.52 bits per heavy atom. The van der Waals surface area contributed by atoms with E-state index in [0.29, 0.717) is 0 Å². The lowest BCUT2D eigenvalue weighted by molar-refractivity contribution is 0.671. The van der Waals surface area contributed by atoms with Crippen LogP contribution in [0.25, 0.3) is 5.57 Å². The molecule has 0 spiro atoms. The van der Waals surface area contributed by atoms with Crippen LogP contribution in [0.15, 0.2) is 59.1 Å². The van der Waals surface area contributed by atoms with Crippen molar-refractivity contribution in [2.24, 2.45) is 0 Å². The number of allylic oxidation sites excluding steroid dienone is 5. The van der Waals surface area contributed by atoms with Gasteiger partial charge in [0.2, 0.25) is 0 Å². The van der Waals surface area contributed by atoms with Gasteiger partial charge in [-0.3, -0.25) is 0 Å². The molecular formula is C19H22FN. The smallest absolute Gasteiger partial charge is 0.166 e. The van der Waals surface area contributed by atoms with Crippen molar-refractivity contribution in [3.8, 4) is 0 Å². The Kier molecular flexibility index (Phi) is 6.58. The van der Waals surface area contributed by atoms with E-state index in [1.54, 1.807) is 6.08 Å². The molecule has 0 saturated heterocycles. The standard InChI is InChI=1S/C17H16FN.C2H6/c1-12(13(2)11-19)8-14-4-3-5-15(9-14)16-6-7-17(18)10-16;1-2/h3-7,9,11,19H,8H2,1-2H3;1-2H3/b13-12-,19-11?;. The molecule has 1 aliphatic rings. The number of nitrogens with one attached hydrogen (secondary N) is 1. The van der Waals surface area contributed by atoms with Gasteiger partial charge in [-0.05, 0) is 49.1 Å². The molecule has 0 radical (unpaired) electrons. The summed E-state index contributed by atoms with van der Waals surface area (Å²) in [6.45, 7) is 7.97. The summed E-state index contributed by atoms with van der Waals surface area (Å²) in [4.78, 5) is 0. The zero-order chi connectivity index (χ0) is 15.8. The first kappa shape index (κ1) is 16.9. The van der Waals surface area contributed by atoms with E-state index in [9.17, 15) is 4.39 Å². The molecule has 1 aromatic carbocycles. The van der Waals surface area contributed by atoms with Crippen LogP contribution in [0.2, 0.25) is 0 Å². The fourth-order valence-electron chi connectivity index (χ4n) is 1.95. The summed E-state index contributed by atoms with van der Waals surface area (Å²) >= 11 is 0. The van der Waals surface area contributed by atoms with Crippen LogP contribution in [-0.4, -0.2) is 6.21 Å². The van der Waals surface area contributed by atoms with Crippen molar-refractivity contribution in [1.82, 2.24) is 0 Å². The van der Waals surface area contributed by atoms with Crippen molar-refractivity contribution in [3.63, 3.8) is 0 Å². The molecule has 0 heterocycles. The molecule has 0 bridgehead atoms. The van der Waals surface area contributed by atoms with E-state index in [4.69, 9.17) is 5.41 Å². The van der Waals surface area contributed by atoms with Crippen molar-refractivity contribution >= 4 is 11.8 Å². The summed E-state index contributed by atoms with van der Waals surface area (Å²) in [7, 11) is 0. The largest absolute Gasteiger partial charge is 0.308 e. The molecule has 2 heteroatoms. The van der Waals surface area contributed by atoms with Gasteiger partial charge >= 0.3 is 0 Å². The molecule has 0 aliphatic heterocycles. The first-order chi connectivity index (χ1) is 10.1. The Labute approximate surface area is 126 Å². The average molecular weight is 283 g/mol. The van der Waals surface area contributed by atoms with Crippen LogP contribution in [0.5, 0.6) is 0 Å². The topological polar surface area (TPSA) is 23.9 Å². The third-order valence-electron chi connectivity index (χ3n) is 3.25. The summed E-state index contributed by atoms with van der Waals surface area (Å²) in [5.41, 5.74) is 7.76. The van der Waals surface area contributed by atoms with Crippen LogP contribution in [0.4, 0.5) is 4.39 Å². The minimum Gasteiger partial charge on any atom is -0.308 e. The average Bonchev–Trinajstić information content (AvgIpc) is 2.95. The molecule has 0 aromatic heterocycles. The fourth-order valence-corrected chi connectivity index (χ4v) is 1.95. The van der Waals surface area contributed by atoms with E-state index in [0.717, 1.165) is 28.7 Å². The molecule has 21 heavy (non-hydrogen) atoms. The highest BCUT2D eigenvalue weighted by molar-refractivity contribution is 5.77. The molecule has 1 aliphatic carbocycles. The molecule has 0 fully saturated rings. The normalized spacial score (nSPS) is 13.8. The molecule has 1 nitrogen and oxygen atoms in total. The maximum atomic E-state index is 13.0. The second kappa shape index (κ2) is 8.18. The van der Waals surface area contributed by atoms with Crippen LogP contribution >= 0.6 is 0 Å². The lowest BCUT2D eigenvalue weighted by atomic mass is 9.98. The minimum absolute atomic E-state index is 0.323. The highest BCUT2D eigenvalue weighted by atomic mass is 19.1. The first-order valence-electron chi connectivity index (χ1n) is 7.21. The van der Waals surface area contributed by atoms with Gasteiger partial charge in [0.25, 0.3) is 0 Å². The Balaban J connectivity index is 0.00000106. The van der Waals surface area contributed by atoms with E-state index in [-0.39, 0.29) is 5.83 Å². The molecule has 0 unspecified atom stereocenters. The Bertz CT molecular complexity index is 641. The van der Waals surface area contributed by atoms with E-state index in [1.165, 1.54) is 17.9 Å². The van der Waals surface area contributed by atoms with Crippen molar-refractivity contribution < 1.29 is 4.39 Å². The third-order valence-corrected chi connectivity index (χ3v) is 3.25. The minimum atomic E-state index is -0.323. The Hall–Kier alpha value is -2.18. The number of benzene rings is 1. The summed E-state index contributed by atoms with van der Waals surface area (Å²) in [5, 5.41) is 7.25. The zero-order valence-corrected chi connectivity index (χ0v) is 13.1. The van der Waals surface area contributed by atoms with Gasteiger partial charge < -0.3 is 5.41 Å². The predicted octanol–water partition coefficient (Wildman–Crippen LogP) is 5.65. The van der Waals surface area contributed by atoms with Gasteiger partial charge in [0.1, 0.15) is 0 Å². The lowest BCUT2D eigenvalue weighted by Crippen LogP contribution is -1.92. The second-order valence-electron chi connectivity index (χ2n) is 4.70. The van der Waals surface area contributed by atoms with Crippen molar-refractivity contribution in [2.75, 3.05) is 0 Å². The highest BCUT2D eigenvalue weighted by Gasteiger charge is 2.05. The Morgan fingerprint density at radius 2 is 1.95 bits per heavy atom. The first-order valence-corrected chi connectivity index (χ1v) is 7.21. The maximum Gasteiger partial charge on any atom is 0.166 e. The number of hydrogen-bond acceptors (Lipinski definition) is 1. The third kappa shape index (κ3) is 4.70. The van der Waals surface area contributed by atoms with E-state index in [1.807, 2.05) is 52.0 Å². The van der Waals surface area contributed by atoms with Crippen molar-refractivity contribution in [2.45, 2.75) is 34.1 Å². The molecule has 2 rings (SSSR count). The summed E-state index contributed by atoms with van der Waals surface area (Å²) in [6.07, 6.45) is 5.34. The molecule has 0 saturated carbocycles. The van der Waals surface area contributed by atoms with Crippen LogP contribution in [0, 0.1) is 5.41 Å². The van der Waals surface area contributed by atoms with Gasteiger partial charge in [-0.2, -0.15) is 4.39 Å². The van der Waals surface area contributed by atoms with Gasteiger partial charge in [-0.1, -0.05) is 49.4 Å². The summed E-state index contributed by atoms with van der Waals surface area (Å²) in [6, 6.07) is 8.02. The van der Waals surface area contributed by atoms with E-state index in [2.05, 4.69) is 5.73 Å². The zero-order valence-electron chi connectivity index (χ0n) is 13.1. The van der Waals surface area contributed by atoms with Crippen molar-refractivity contribution in [1.29, 1.82) is 5.41 Å². The second-order valence-corrected chi connectivity index (χ2v) is 4.70. The molecule has 0 amide bonds. The molecule has 110 valence electrons. The maximum absolute atomic E-state index is 13.0.